The fourth-order valence-corrected chi connectivity index (χ4v) is 4.26. The maximum absolute atomic E-state index is 13.3. The molecule has 0 saturated carbocycles. The molecule has 1 fully saturated rings. The minimum atomic E-state index is 0.0389. The van der Waals surface area contributed by atoms with Crippen LogP contribution < -0.4 is 0 Å². The predicted octanol–water partition coefficient (Wildman–Crippen LogP) is 4.47. The molecular formula is C23H21N3O2. The summed E-state index contributed by atoms with van der Waals surface area (Å²) in [6, 6.07) is 20.1. The normalized spacial score (nSPS) is 17.9. The second-order valence-corrected chi connectivity index (χ2v) is 7.55. The summed E-state index contributed by atoms with van der Waals surface area (Å²) in [6.07, 6.45) is 1.99. The zero-order chi connectivity index (χ0) is 18.9. The molecule has 0 radical (unpaired) electrons. The average molecular weight is 371 g/mol. The lowest BCUT2D eigenvalue weighted by Crippen LogP contribution is -2.38. The van der Waals surface area contributed by atoms with Crippen LogP contribution in [0.1, 0.15) is 28.8 Å². The van der Waals surface area contributed by atoms with Crippen LogP contribution in [0.5, 0.6) is 0 Å². The van der Waals surface area contributed by atoms with Crippen molar-refractivity contribution in [3.8, 4) is 0 Å². The quantitative estimate of drug-likeness (QED) is 0.495. The zero-order valence-electron chi connectivity index (χ0n) is 15.5. The summed E-state index contributed by atoms with van der Waals surface area (Å²) in [6.45, 7) is 2.60. The van der Waals surface area contributed by atoms with Crippen LogP contribution in [0.3, 0.4) is 0 Å². The van der Waals surface area contributed by atoms with Gasteiger partial charge in [0, 0.05) is 24.6 Å². The van der Waals surface area contributed by atoms with Crippen molar-refractivity contribution in [2.45, 2.75) is 19.4 Å². The van der Waals surface area contributed by atoms with Crippen molar-refractivity contribution in [3.05, 3.63) is 71.8 Å². The van der Waals surface area contributed by atoms with Gasteiger partial charge in [0.1, 0.15) is 11.0 Å². The number of fused-ring (bicyclic) bond motifs is 2. The lowest BCUT2D eigenvalue weighted by atomic mass is 9.88. The molecule has 1 saturated heterocycles. The van der Waals surface area contributed by atoms with E-state index in [1.54, 1.807) is 0 Å². The van der Waals surface area contributed by atoms with Crippen molar-refractivity contribution in [2.24, 2.45) is 5.92 Å². The monoisotopic (exact) mass is 371 g/mol. The Hall–Kier alpha value is -3.05. The molecule has 1 atom stereocenters. The maximum atomic E-state index is 13.3. The molecule has 0 unspecified atom stereocenters. The van der Waals surface area contributed by atoms with Crippen LogP contribution >= 0.6 is 0 Å². The molecule has 1 aromatic heterocycles. The van der Waals surface area contributed by atoms with Gasteiger partial charge in [0.05, 0.1) is 0 Å². The molecule has 0 amide bonds. The van der Waals surface area contributed by atoms with E-state index in [4.69, 9.17) is 4.63 Å². The summed E-state index contributed by atoms with van der Waals surface area (Å²) in [5.74, 6) is 0.301. The largest absolute Gasteiger partial charge is 0.298 e. The first-order valence-corrected chi connectivity index (χ1v) is 9.73. The van der Waals surface area contributed by atoms with Crippen LogP contribution in [0.4, 0.5) is 0 Å². The molecule has 140 valence electrons. The molecule has 3 aromatic carbocycles. The molecular weight excluding hydrogens is 350 g/mol. The van der Waals surface area contributed by atoms with E-state index in [9.17, 15) is 4.79 Å². The van der Waals surface area contributed by atoms with Crippen molar-refractivity contribution in [1.82, 2.24) is 15.2 Å². The number of carbonyl (C=O) groups is 1. The van der Waals surface area contributed by atoms with Crippen LogP contribution in [0.25, 0.3) is 21.8 Å². The molecule has 1 aliphatic heterocycles. The fourth-order valence-electron chi connectivity index (χ4n) is 4.26. The maximum Gasteiger partial charge on any atom is 0.167 e. The molecule has 4 aromatic rings. The molecule has 5 rings (SSSR count). The molecule has 28 heavy (non-hydrogen) atoms. The van der Waals surface area contributed by atoms with Crippen LogP contribution in [0.2, 0.25) is 0 Å². The smallest absolute Gasteiger partial charge is 0.167 e. The fraction of sp³-hybridized carbons (Fsp3) is 0.261. The van der Waals surface area contributed by atoms with Crippen LogP contribution in [0, 0.1) is 5.92 Å². The molecule has 5 heteroatoms. The Morgan fingerprint density at radius 1 is 1.04 bits per heavy atom. The van der Waals surface area contributed by atoms with Gasteiger partial charge in [-0.1, -0.05) is 48.5 Å². The number of nitrogens with zero attached hydrogens (tertiary/aromatic N) is 3. The number of ketones is 1. The number of aromatic nitrogens is 2. The first kappa shape index (κ1) is 17.1. The highest BCUT2D eigenvalue weighted by atomic mass is 16.6. The van der Waals surface area contributed by atoms with E-state index < -0.39 is 0 Å². The third kappa shape index (κ3) is 3.18. The van der Waals surface area contributed by atoms with Gasteiger partial charge in [-0.3, -0.25) is 9.69 Å². The Morgan fingerprint density at radius 3 is 2.86 bits per heavy atom. The zero-order valence-corrected chi connectivity index (χ0v) is 15.5. The van der Waals surface area contributed by atoms with Crippen molar-refractivity contribution in [2.75, 3.05) is 13.1 Å². The number of rotatable bonds is 4. The molecule has 0 aliphatic carbocycles. The standard InChI is InChI=1S/C23H21N3O2/c27-23(20-9-3-6-17-5-1-2-8-19(17)20)18-7-4-12-26(15-18)14-16-10-11-21-22(13-16)25-28-24-21/h1-3,5-6,8-11,13,18H,4,7,12,14-15H2/t18-/m0/s1. The second kappa shape index (κ2) is 7.17. The Bertz CT molecular complexity index is 1150. The van der Waals surface area contributed by atoms with E-state index >= 15 is 0 Å². The van der Waals surface area contributed by atoms with Gasteiger partial charge in [0.15, 0.2) is 5.78 Å². The minimum absolute atomic E-state index is 0.0389. The highest BCUT2D eigenvalue weighted by Gasteiger charge is 2.27. The highest BCUT2D eigenvalue weighted by Crippen LogP contribution is 2.27. The summed E-state index contributed by atoms with van der Waals surface area (Å²) < 4.78 is 4.78. The lowest BCUT2D eigenvalue weighted by Gasteiger charge is -2.32. The first-order chi connectivity index (χ1) is 13.8. The predicted molar refractivity (Wildman–Crippen MR) is 108 cm³/mol. The Kier molecular flexibility index (Phi) is 4.37. The van der Waals surface area contributed by atoms with Gasteiger partial charge in [-0.05, 0) is 58.2 Å². The van der Waals surface area contributed by atoms with E-state index in [0.29, 0.717) is 0 Å². The molecule has 0 spiro atoms. The van der Waals surface area contributed by atoms with Gasteiger partial charge in [-0.2, -0.15) is 0 Å². The summed E-state index contributed by atoms with van der Waals surface area (Å²) in [7, 11) is 0. The minimum Gasteiger partial charge on any atom is -0.298 e. The van der Waals surface area contributed by atoms with Crippen LogP contribution in [-0.2, 0) is 6.54 Å². The third-order valence-electron chi connectivity index (χ3n) is 5.66. The molecule has 1 aliphatic rings. The third-order valence-corrected chi connectivity index (χ3v) is 5.66. The van der Waals surface area contributed by atoms with Crippen molar-refractivity contribution >= 4 is 27.6 Å². The molecule has 2 heterocycles. The Balaban J connectivity index is 1.35. The van der Waals surface area contributed by atoms with Crippen LogP contribution in [0.15, 0.2) is 65.3 Å². The topological polar surface area (TPSA) is 59.2 Å². The SMILES string of the molecule is O=C(c1cccc2ccccc12)[C@H]1CCCN(Cc2ccc3nonc3c2)C1. The van der Waals surface area contributed by atoms with Gasteiger partial charge < -0.3 is 0 Å². The Morgan fingerprint density at radius 2 is 1.89 bits per heavy atom. The van der Waals surface area contributed by atoms with Crippen LogP contribution in [-0.4, -0.2) is 34.1 Å². The van der Waals surface area contributed by atoms with Crippen molar-refractivity contribution in [3.63, 3.8) is 0 Å². The number of Topliss-reactive ketones (excluding diaryl/α,β-unsaturated/α-hetero) is 1. The summed E-state index contributed by atoms with van der Waals surface area (Å²) in [4.78, 5) is 15.7. The summed E-state index contributed by atoms with van der Waals surface area (Å²) in [5.41, 5.74) is 3.56. The van der Waals surface area contributed by atoms with Crippen molar-refractivity contribution < 1.29 is 9.42 Å². The second-order valence-electron chi connectivity index (χ2n) is 7.55. The number of benzene rings is 3. The van der Waals surface area contributed by atoms with E-state index in [-0.39, 0.29) is 11.7 Å². The number of hydrogen-bond donors (Lipinski definition) is 0. The lowest BCUT2D eigenvalue weighted by molar-refractivity contribution is 0.0813. The molecule has 0 bridgehead atoms. The number of likely N-dealkylation sites (tertiary alicyclic amines) is 1. The first-order valence-electron chi connectivity index (χ1n) is 9.73. The highest BCUT2D eigenvalue weighted by molar-refractivity contribution is 6.09. The molecule has 5 nitrogen and oxygen atoms in total. The summed E-state index contributed by atoms with van der Waals surface area (Å²) >= 11 is 0. The number of carbonyl (C=O) groups excluding carboxylic acids is 1. The van der Waals surface area contributed by atoms with Gasteiger partial charge in [-0.25, -0.2) is 4.63 Å². The van der Waals surface area contributed by atoms with E-state index in [1.807, 2.05) is 42.5 Å². The van der Waals surface area contributed by atoms with E-state index in [2.05, 4.69) is 33.4 Å². The van der Waals surface area contributed by atoms with E-state index in [1.165, 1.54) is 5.56 Å². The van der Waals surface area contributed by atoms with Gasteiger partial charge in [0.2, 0.25) is 0 Å². The van der Waals surface area contributed by atoms with Gasteiger partial charge in [-0.15, -0.1) is 0 Å². The number of piperidine rings is 1. The Labute approximate surface area is 162 Å². The van der Waals surface area contributed by atoms with Gasteiger partial charge >= 0.3 is 0 Å². The number of hydrogen-bond acceptors (Lipinski definition) is 5. The van der Waals surface area contributed by atoms with Crippen molar-refractivity contribution in [1.29, 1.82) is 0 Å². The van der Waals surface area contributed by atoms with E-state index in [0.717, 1.165) is 59.8 Å². The average Bonchev–Trinajstić information content (AvgIpc) is 3.21. The summed E-state index contributed by atoms with van der Waals surface area (Å²) in [5, 5.41) is 9.95. The van der Waals surface area contributed by atoms with Gasteiger partial charge in [0.25, 0.3) is 0 Å². The molecule has 0 N–H and O–H groups in total.